The molecule has 0 amide bonds. The van der Waals surface area contributed by atoms with Gasteiger partial charge in [-0.25, -0.2) is 0 Å². The first-order valence-electron chi connectivity index (χ1n) is 13.6. The van der Waals surface area contributed by atoms with Gasteiger partial charge in [0.25, 0.3) is 0 Å². The van der Waals surface area contributed by atoms with E-state index in [4.69, 9.17) is 4.42 Å². The topological polar surface area (TPSA) is 13.1 Å². The van der Waals surface area contributed by atoms with Crippen LogP contribution in [0.1, 0.15) is 0 Å². The normalized spacial score (nSPS) is 12.0. The molecule has 186 valence electrons. The first-order chi connectivity index (χ1) is 19.9. The van der Waals surface area contributed by atoms with Crippen molar-refractivity contribution < 1.29 is 4.42 Å². The summed E-state index contributed by atoms with van der Waals surface area (Å²) in [5.41, 5.74) is 6.11. The predicted molar refractivity (Wildman–Crippen MR) is 172 cm³/mol. The van der Waals surface area contributed by atoms with E-state index in [1.54, 1.807) is 6.26 Å². The fourth-order valence-corrected chi connectivity index (χ4v) is 7.99. The zero-order valence-electron chi connectivity index (χ0n) is 21.5. The van der Waals surface area contributed by atoms with Crippen molar-refractivity contribution in [2.45, 2.75) is 0 Å². The molecule has 40 heavy (non-hydrogen) atoms. The quantitative estimate of drug-likeness (QED) is 0.204. The van der Waals surface area contributed by atoms with Crippen LogP contribution in [0.3, 0.4) is 0 Å². The smallest absolute Gasteiger partial charge is 0.135 e. The van der Waals surface area contributed by atoms with E-state index in [1.165, 1.54) is 80.1 Å². The van der Waals surface area contributed by atoms with Gasteiger partial charge in [0.15, 0.2) is 0 Å². The standard InChI is InChI=1S/C38H22OS/c1-2-11-24-23(9-1)10-7-16-25(24)35-26-12-3-5-14-28(26)36(29-15-6-4-13-27(29)35)33-18-8-17-30-31-19-20-34-32(21-22-39-34)37(31)40-38(30)33/h1-22H. The molecule has 0 saturated carbocycles. The molecule has 7 aromatic carbocycles. The van der Waals surface area contributed by atoms with Gasteiger partial charge in [0.1, 0.15) is 5.58 Å². The Morgan fingerprint density at radius 3 is 1.68 bits per heavy atom. The van der Waals surface area contributed by atoms with E-state index in [0.29, 0.717) is 0 Å². The predicted octanol–water partition coefficient (Wildman–Crippen LogP) is 11.6. The van der Waals surface area contributed by atoms with Crippen molar-refractivity contribution >= 4 is 74.8 Å². The first-order valence-corrected chi connectivity index (χ1v) is 14.4. The molecule has 0 spiro atoms. The highest BCUT2D eigenvalue weighted by molar-refractivity contribution is 7.27. The van der Waals surface area contributed by atoms with Crippen LogP contribution in [0.25, 0.3) is 85.7 Å². The summed E-state index contributed by atoms with van der Waals surface area (Å²) in [7, 11) is 0. The molecule has 0 aliphatic carbocycles. The Morgan fingerprint density at radius 2 is 0.925 bits per heavy atom. The summed E-state index contributed by atoms with van der Waals surface area (Å²) in [5, 5.41) is 11.4. The lowest BCUT2D eigenvalue weighted by atomic mass is 9.84. The number of benzene rings is 7. The molecule has 0 bridgehead atoms. The van der Waals surface area contributed by atoms with Crippen molar-refractivity contribution in [1.29, 1.82) is 0 Å². The summed E-state index contributed by atoms with van der Waals surface area (Å²) in [6, 6.07) is 46.4. The van der Waals surface area contributed by atoms with Crippen LogP contribution >= 0.6 is 11.3 Å². The number of fused-ring (bicyclic) bond motifs is 8. The van der Waals surface area contributed by atoms with Crippen LogP contribution in [0.5, 0.6) is 0 Å². The maximum atomic E-state index is 5.74. The summed E-state index contributed by atoms with van der Waals surface area (Å²) in [6.45, 7) is 0. The Hall–Kier alpha value is -4.92. The molecular weight excluding hydrogens is 504 g/mol. The Kier molecular flexibility index (Phi) is 4.55. The van der Waals surface area contributed by atoms with E-state index >= 15 is 0 Å². The number of hydrogen-bond donors (Lipinski definition) is 0. The number of furan rings is 1. The van der Waals surface area contributed by atoms with Crippen molar-refractivity contribution in [3.63, 3.8) is 0 Å². The Morgan fingerprint density at radius 1 is 0.375 bits per heavy atom. The van der Waals surface area contributed by atoms with E-state index in [2.05, 4.69) is 127 Å². The second-order valence-electron chi connectivity index (χ2n) is 10.4. The molecule has 2 aromatic heterocycles. The molecule has 0 fully saturated rings. The molecular formula is C38H22OS. The average Bonchev–Trinajstić information content (AvgIpc) is 3.65. The molecule has 0 aliphatic heterocycles. The van der Waals surface area contributed by atoms with E-state index in [-0.39, 0.29) is 0 Å². The van der Waals surface area contributed by atoms with Crippen LogP contribution in [0.2, 0.25) is 0 Å². The second kappa shape index (κ2) is 8.29. The van der Waals surface area contributed by atoms with E-state index in [0.717, 1.165) is 5.58 Å². The van der Waals surface area contributed by atoms with Gasteiger partial charge in [0.2, 0.25) is 0 Å². The largest absolute Gasteiger partial charge is 0.464 e. The molecule has 9 rings (SSSR count). The van der Waals surface area contributed by atoms with Crippen LogP contribution in [0.15, 0.2) is 138 Å². The Balaban J connectivity index is 1.46. The summed E-state index contributed by atoms with van der Waals surface area (Å²) < 4.78 is 8.35. The lowest BCUT2D eigenvalue weighted by Gasteiger charge is -2.19. The lowest BCUT2D eigenvalue weighted by molar-refractivity contribution is 0.616. The zero-order chi connectivity index (χ0) is 26.2. The van der Waals surface area contributed by atoms with Crippen LogP contribution in [0, 0.1) is 0 Å². The summed E-state index contributed by atoms with van der Waals surface area (Å²) >= 11 is 1.88. The van der Waals surface area contributed by atoms with Gasteiger partial charge in [-0.15, -0.1) is 11.3 Å². The highest BCUT2D eigenvalue weighted by Gasteiger charge is 2.20. The minimum atomic E-state index is 0.941. The Bertz CT molecular complexity index is 2380. The fourth-order valence-electron chi connectivity index (χ4n) is 6.65. The van der Waals surface area contributed by atoms with Gasteiger partial charge in [-0.2, -0.15) is 0 Å². The molecule has 0 radical (unpaired) electrons. The lowest BCUT2D eigenvalue weighted by Crippen LogP contribution is -1.91. The molecule has 0 N–H and O–H groups in total. The van der Waals surface area contributed by atoms with Crippen LogP contribution < -0.4 is 0 Å². The number of hydrogen-bond acceptors (Lipinski definition) is 2. The third-order valence-electron chi connectivity index (χ3n) is 8.35. The highest BCUT2D eigenvalue weighted by atomic mass is 32.1. The van der Waals surface area contributed by atoms with Crippen LogP contribution in [-0.2, 0) is 0 Å². The van der Waals surface area contributed by atoms with Crippen molar-refractivity contribution in [2.24, 2.45) is 0 Å². The third-order valence-corrected chi connectivity index (χ3v) is 9.64. The molecule has 0 saturated heterocycles. The van der Waals surface area contributed by atoms with Gasteiger partial charge in [-0.1, -0.05) is 109 Å². The van der Waals surface area contributed by atoms with E-state index in [9.17, 15) is 0 Å². The summed E-state index contributed by atoms with van der Waals surface area (Å²) in [5.74, 6) is 0. The maximum Gasteiger partial charge on any atom is 0.135 e. The molecule has 0 aliphatic rings. The fraction of sp³-hybridized carbons (Fsp3) is 0. The minimum absolute atomic E-state index is 0.941. The van der Waals surface area contributed by atoms with Gasteiger partial charge < -0.3 is 4.42 Å². The molecule has 0 unspecified atom stereocenters. The monoisotopic (exact) mass is 526 g/mol. The van der Waals surface area contributed by atoms with E-state index < -0.39 is 0 Å². The molecule has 2 heterocycles. The van der Waals surface area contributed by atoms with E-state index in [1.807, 2.05) is 11.3 Å². The van der Waals surface area contributed by atoms with Crippen LogP contribution in [0.4, 0.5) is 0 Å². The zero-order valence-corrected chi connectivity index (χ0v) is 22.3. The van der Waals surface area contributed by atoms with Crippen molar-refractivity contribution in [3.8, 4) is 22.3 Å². The summed E-state index contributed by atoms with van der Waals surface area (Å²) in [4.78, 5) is 0. The Labute approximate surface area is 234 Å². The number of rotatable bonds is 2. The van der Waals surface area contributed by atoms with Gasteiger partial charge >= 0.3 is 0 Å². The van der Waals surface area contributed by atoms with Crippen molar-refractivity contribution in [3.05, 3.63) is 134 Å². The second-order valence-corrected chi connectivity index (χ2v) is 11.4. The first kappa shape index (κ1) is 22.0. The SMILES string of the molecule is c1ccc2c(-c3c4ccccc4c(-c4cccc5c4sc4c6ccoc6ccc54)c4ccccc34)cccc2c1. The minimum Gasteiger partial charge on any atom is -0.464 e. The van der Waals surface area contributed by atoms with Gasteiger partial charge in [0, 0.05) is 31.1 Å². The van der Waals surface area contributed by atoms with Crippen LogP contribution in [-0.4, -0.2) is 0 Å². The highest BCUT2D eigenvalue weighted by Crippen LogP contribution is 2.49. The average molecular weight is 527 g/mol. The molecule has 1 nitrogen and oxygen atoms in total. The molecule has 9 aromatic rings. The van der Waals surface area contributed by atoms with Gasteiger partial charge in [-0.3, -0.25) is 0 Å². The van der Waals surface area contributed by atoms with Gasteiger partial charge in [-0.05, 0) is 67.2 Å². The van der Waals surface area contributed by atoms with Crippen molar-refractivity contribution in [1.82, 2.24) is 0 Å². The molecule has 2 heteroatoms. The van der Waals surface area contributed by atoms with Crippen molar-refractivity contribution in [2.75, 3.05) is 0 Å². The summed E-state index contributed by atoms with van der Waals surface area (Å²) in [6.07, 6.45) is 1.79. The maximum absolute atomic E-state index is 5.74. The third kappa shape index (κ3) is 2.97. The molecule has 0 atom stereocenters. The number of thiophene rings is 1. The van der Waals surface area contributed by atoms with Gasteiger partial charge in [0.05, 0.1) is 6.26 Å².